The van der Waals surface area contributed by atoms with Crippen molar-refractivity contribution in [3.63, 3.8) is 0 Å². The molecule has 3 aromatic rings. The van der Waals surface area contributed by atoms with Crippen LogP contribution in [0.25, 0.3) is 10.7 Å². The lowest BCUT2D eigenvalue weighted by atomic mass is 9.91. The highest BCUT2D eigenvalue weighted by Crippen LogP contribution is 2.32. The molecule has 3 heterocycles. The van der Waals surface area contributed by atoms with Crippen molar-refractivity contribution >= 4 is 23.3 Å². The fourth-order valence-electron chi connectivity index (χ4n) is 2.86. The van der Waals surface area contributed by atoms with Crippen LogP contribution in [0.15, 0.2) is 40.2 Å². The highest BCUT2D eigenvalue weighted by molar-refractivity contribution is 7.13. The molecule has 0 unspecified atom stereocenters. The van der Waals surface area contributed by atoms with Crippen LogP contribution in [0.5, 0.6) is 0 Å². The number of amides is 3. The summed E-state index contributed by atoms with van der Waals surface area (Å²) in [6.45, 7) is 1.03. The zero-order valence-corrected chi connectivity index (χ0v) is 14.7. The predicted octanol–water partition coefficient (Wildman–Crippen LogP) is 3.04. The summed E-state index contributed by atoms with van der Waals surface area (Å²) >= 11 is 1.41. The van der Waals surface area contributed by atoms with Gasteiger partial charge in [-0.15, -0.1) is 11.3 Å². The molecule has 0 spiro atoms. The van der Waals surface area contributed by atoms with Crippen molar-refractivity contribution in [1.29, 1.82) is 0 Å². The minimum Gasteiger partial charge on any atom is -0.337 e. The molecule has 0 bridgehead atoms. The summed E-state index contributed by atoms with van der Waals surface area (Å²) in [5, 5.41) is 8.08. The molecular formula is C17H12F2N4O3S. The number of aromatic nitrogens is 2. The van der Waals surface area contributed by atoms with Gasteiger partial charge < -0.3 is 9.84 Å². The first-order chi connectivity index (χ1) is 12.9. The van der Waals surface area contributed by atoms with E-state index in [2.05, 4.69) is 15.5 Å². The maximum absolute atomic E-state index is 14.2. The molecule has 3 amide bonds. The number of hydrogen-bond donors (Lipinski definition) is 1. The Kier molecular flexibility index (Phi) is 3.99. The molecule has 0 aliphatic carbocycles. The van der Waals surface area contributed by atoms with Crippen molar-refractivity contribution in [2.75, 3.05) is 0 Å². The number of benzene rings is 1. The largest absolute Gasteiger partial charge is 0.337 e. The van der Waals surface area contributed by atoms with Gasteiger partial charge in [-0.1, -0.05) is 11.2 Å². The Labute approximate surface area is 155 Å². The Bertz CT molecular complexity index is 1040. The summed E-state index contributed by atoms with van der Waals surface area (Å²) in [6, 6.07) is 5.60. The molecule has 1 saturated heterocycles. The van der Waals surface area contributed by atoms with Crippen LogP contribution in [0.2, 0.25) is 0 Å². The second kappa shape index (κ2) is 6.23. The SMILES string of the molecule is C[C@]1(c2cc(F)ccc2F)NC(=O)N(Cc2nc(-c3cccs3)no2)C1=O. The van der Waals surface area contributed by atoms with Gasteiger partial charge in [0.2, 0.25) is 11.7 Å². The highest BCUT2D eigenvalue weighted by atomic mass is 32.1. The van der Waals surface area contributed by atoms with E-state index in [1.807, 2.05) is 11.4 Å². The number of halogens is 2. The Balaban J connectivity index is 1.61. The zero-order valence-electron chi connectivity index (χ0n) is 13.9. The summed E-state index contributed by atoms with van der Waals surface area (Å²) in [4.78, 5) is 30.9. The van der Waals surface area contributed by atoms with E-state index in [-0.39, 0.29) is 18.0 Å². The lowest BCUT2D eigenvalue weighted by molar-refractivity contribution is -0.131. The standard InChI is InChI=1S/C17H12F2N4O3S/c1-17(10-7-9(18)4-5-11(10)19)15(24)23(16(25)21-17)8-13-20-14(22-26-13)12-3-2-6-27-12/h2-7H,8H2,1H3,(H,21,25)/t17-/m1/s1. The second-order valence-corrected chi connectivity index (χ2v) is 7.01. The van der Waals surface area contributed by atoms with Crippen LogP contribution in [0, 0.1) is 11.6 Å². The quantitative estimate of drug-likeness (QED) is 0.692. The van der Waals surface area contributed by atoms with Gasteiger partial charge in [0.05, 0.1) is 4.88 Å². The molecule has 1 aromatic carbocycles. The van der Waals surface area contributed by atoms with Gasteiger partial charge in [-0.05, 0) is 36.6 Å². The van der Waals surface area contributed by atoms with E-state index in [0.29, 0.717) is 5.82 Å². The molecule has 0 radical (unpaired) electrons. The first kappa shape index (κ1) is 17.3. The summed E-state index contributed by atoms with van der Waals surface area (Å²) in [5.74, 6) is -1.87. The van der Waals surface area contributed by atoms with Gasteiger partial charge >= 0.3 is 6.03 Å². The van der Waals surface area contributed by atoms with Crippen molar-refractivity contribution in [2.45, 2.75) is 19.0 Å². The number of rotatable bonds is 4. The fourth-order valence-corrected chi connectivity index (χ4v) is 3.51. The lowest BCUT2D eigenvalue weighted by Gasteiger charge is -2.22. The summed E-state index contributed by atoms with van der Waals surface area (Å²) < 4.78 is 32.8. The van der Waals surface area contributed by atoms with Crippen LogP contribution in [0.4, 0.5) is 13.6 Å². The Hall–Kier alpha value is -3.14. The minimum absolute atomic E-state index is 0.0471. The van der Waals surface area contributed by atoms with Crippen LogP contribution in [0.3, 0.4) is 0 Å². The first-order valence-corrected chi connectivity index (χ1v) is 8.72. The van der Waals surface area contributed by atoms with Crippen LogP contribution < -0.4 is 5.32 Å². The number of nitrogens with zero attached hydrogens (tertiary/aromatic N) is 3. The Morgan fingerprint density at radius 2 is 2.11 bits per heavy atom. The maximum Gasteiger partial charge on any atom is 0.325 e. The van der Waals surface area contributed by atoms with Crippen LogP contribution in [0.1, 0.15) is 18.4 Å². The number of thiophene rings is 1. The molecule has 10 heteroatoms. The molecule has 1 aliphatic heterocycles. The van der Waals surface area contributed by atoms with Crippen molar-refractivity contribution < 1.29 is 22.9 Å². The van der Waals surface area contributed by atoms with E-state index >= 15 is 0 Å². The number of urea groups is 1. The van der Waals surface area contributed by atoms with Crippen molar-refractivity contribution in [1.82, 2.24) is 20.4 Å². The number of nitrogens with one attached hydrogen (secondary N) is 1. The number of imide groups is 1. The summed E-state index contributed by atoms with van der Waals surface area (Å²) in [5.41, 5.74) is -1.99. The van der Waals surface area contributed by atoms with Gasteiger partial charge in [0.15, 0.2) is 0 Å². The molecule has 4 rings (SSSR count). The molecule has 138 valence electrons. The van der Waals surface area contributed by atoms with E-state index in [4.69, 9.17) is 4.52 Å². The summed E-state index contributed by atoms with van der Waals surface area (Å²) in [6.07, 6.45) is 0. The monoisotopic (exact) mass is 390 g/mol. The topological polar surface area (TPSA) is 88.3 Å². The number of carbonyl (C=O) groups is 2. The molecule has 1 N–H and O–H groups in total. The second-order valence-electron chi connectivity index (χ2n) is 6.06. The molecule has 7 nitrogen and oxygen atoms in total. The predicted molar refractivity (Wildman–Crippen MR) is 90.4 cm³/mol. The molecule has 2 aromatic heterocycles. The van der Waals surface area contributed by atoms with Crippen molar-refractivity contribution in [3.05, 3.63) is 58.8 Å². The van der Waals surface area contributed by atoms with Crippen LogP contribution in [-0.2, 0) is 16.9 Å². The fraction of sp³-hybridized carbons (Fsp3) is 0.176. The van der Waals surface area contributed by atoms with Crippen molar-refractivity contribution in [2.24, 2.45) is 0 Å². The van der Waals surface area contributed by atoms with E-state index in [1.165, 1.54) is 18.3 Å². The first-order valence-electron chi connectivity index (χ1n) is 7.84. The van der Waals surface area contributed by atoms with Gasteiger partial charge in [0, 0.05) is 5.56 Å². The smallest absolute Gasteiger partial charge is 0.325 e. The van der Waals surface area contributed by atoms with E-state index in [0.717, 1.165) is 28.0 Å². The van der Waals surface area contributed by atoms with Crippen LogP contribution >= 0.6 is 11.3 Å². The average Bonchev–Trinajstić information content (AvgIpc) is 3.35. The molecule has 1 fully saturated rings. The normalized spacial score (nSPS) is 19.6. The Morgan fingerprint density at radius 3 is 2.85 bits per heavy atom. The van der Waals surface area contributed by atoms with E-state index in [1.54, 1.807) is 6.07 Å². The Morgan fingerprint density at radius 1 is 1.30 bits per heavy atom. The van der Waals surface area contributed by atoms with Gasteiger partial charge in [-0.2, -0.15) is 4.98 Å². The third-order valence-corrected chi connectivity index (χ3v) is 5.11. The van der Waals surface area contributed by atoms with Gasteiger partial charge in [0.1, 0.15) is 23.7 Å². The van der Waals surface area contributed by atoms with Crippen molar-refractivity contribution in [3.8, 4) is 10.7 Å². The lowest BCUT2D eigenvalue weighted by Crippen LogP contribution is -2.41. The molecule has 27 heavy (non-hydrogen) atoms. The van der Waals surface area contributed by atoms with Gasteiger partial charge in [0.25, 0.3) is 5.91 Å². The summed E-state index contributed by atoms with van der Waals surface area (Å²) in [7, 11) is 0. The third-order valence-electron chi connectivity index (χ3n) is 4.25. The minimum atomic E-state index is -1.74. The van der Waals surface area contributed by atoms with Crippen LogP contribution in [-0.4, -0.2) is 27.0 Å². The highest BCUT2D eigenvalue weighted by Gasteiger charge is 2.50. The zero-order chi connectivity index (χ0) is 19.2. The molecule has 0 saturated carbocycles. The average molecular weight is 390 g/mol. The van der Waals surface area contributed by atoms with Gasteiger partial charge in [-0.3, -0.25) is 9.69 Å². The molecule has 1 aliphatic rings. The molecule has 1 atom stereocenters. The number of carbonyl (C=O) groups excluding carboxylic acids is 2. The van der Waals surface area contributed by atoms with E-state index in [9.17, 15) is 18.4 Å². The third kappa shape index (κ3) is 2.87. The van der Waals surface area contributed by atoms with E-state index < -0.39 is 29.1 Å². The molecular weight excluding hydrogens is 378 g/mol. The maximum atomic E-state index is 14.2. The number of hydrogen-bond acceptors (Lipinski definition) is 6. The van der Waals surface area contributed by atoms with Gasteiger partial charge in [-0.25, -0.2) is 13.6 Å².